The fourth-order valence-corrected chi connectivity index (χ4v) is 5.11. The Labute approximate surface area is 188 Å². The fraction of sp³-hybridized carbons (Fsp3) is 0.304. The van der Waals surface area contributed by atoms with E-state index in [-0.39, 0.29) is 0 Å². The third-order valence-corrected chi connectivity index (χ3v) is 6.81. The van der Waals surface area contributed by atoms with E-state index in [1.165, 1.54) is 7.11 Å². The Morgan fingerprint density at radius 1 is 1.06 bits per heavy atom. The summed E-state index contributed by atoms with van der Waals surface area (Å²) in [5, 5.41) is 39.6. The second-order valence-electron chi connectivity index (χ2n) is 7.52. The molecule has 2 aromatic rings. The number of hydrogen-bond donors (Lipinski definition) is 1. The van der Waals surface area contributed by atoms with Gasteiger partial charge in [0.2, 0.25) is 17.1 Å². The standard InChI is InChI=1S/C23H17BrN4O3/c1-14-22(13-27)20(28)31-23(14,15-6-4-3-5-7-15)30-19(21(22,11-25)12-26)17-10-16(24)8-9-18(17)29-2/h3-10,14,19,28H,1-2H3. The van der Waals surface area contributed by atoms with Crippen LogP contribution in [0.2, 0.25) is 0 Å². The van der Waals surface area contributed by atoms with Gasteiger partial charge < -0.3 is 14.2 Å². The molecule has 0 aliphatic carbocycles. The van der Waals surface area contributed by atoms with Crippen LogP contribution < -0.4 is 4.74 Å². The van der Waals surface area contributed by atoms with Crippen LogP contribution in [0.3, 0.4) is 0 Å². The summed E-state index contributed by atoms with van der Waals surface area (Å²) in [4.78, 5) is 0. The maximum absolute atomic E-state index is 10.3. The van der Waals surface area contributed by atoms with Gasteiger partial charge in [0, 0.05) is 15.6 Å². The molecule has 1 N–H and O–H groups in total. The van der Waals surface area contributed by atoms with Crippen LogP contribution in [0, 0.1) is 56.2 Å². The second kappa shape index (κ2) is 7.10. The van der Waals surface area contributed by atoms with Crippen molar-refractivity contribution in [3.05, 3.63) is 64.1 Å². The van der Waals surface area contributed by atoms with Crippen molar-refractivity contribution < 1.29 is 14.2 Å². The number of hydrogen-bond acceptors (Lipinski definition) is 7. The van der Waals surface area contributed by atoms with Crippen molar-refractivity contribution in [1.29, 1.82) is 21.2 Å². The number of fused-ring (bicyclic) bond motifs is 2. The SMILES string of the molecule is COc1ccc(Br)cc1C1OC2(c3ccccc3)OC(=N)C(C#N)(C2C)C1(C#N)C#N. The Morgan fingerprint density at radius 3 is 2.32 bits per heavy atom. The molecule has 2 aliphatic rings. The number of halogens is 1. The summed E-state index contributed by atoms with van der Waals surface area (Å²) < 4.78 is 18.6. The summed E-state index contributed by atoms with van der Waals surface area (Å²) in [6, 6.07) is 20.3. The van der Waals surface area contributed by atoms with Crippen LogP contribution in [-0.4, -0.2) is 13.0 Å². The molecule has 0 amide bonds. The Hall–Kier alpha value is -3.38. The molecule has 4 unspecified atom stereocenters. The number of nitrogens with zero attached hydrogens (tertiary/aromatic N) is 3. The Morgan fingerprint density at radius 2 is 1.74 bits per heavy atom. The van der Waals surface area contributed by atoms with Gasteiger partial charge in [0.15, 0.2) is 5.41 Å². The maximum Gasteiger partial charge on any atom is 0.244 e. The molecule has 2 heterocycles. The molecule has 4 rings (SSSR count). The highest BCUT2D eigenvalue weighted by Crippen LogP contribution is 2.69. The van der Waals surface area contributed by atoms with Gasteiger partial charge in [-0.2, -0.15) is 15.8 Å². The normalized spacial score (nSPS) is 30.4. The van der Waals surface area contributed by atoms with E-state index >= 15 is 0 Å². The average Bonchev–Trinajstić information content (AvgIpc) is 2.96. The van der Waals surface area contributed by atoms with E-state index in [9.17, 15) is 15.8 Å². The van der Waals surface area contributed by atoms with Gasteiger partial charge in [-0.3, -0.25) is 5.41 Å². The minimum Gasteiger partial charge on any atom is -0.496 e. The van der Waals surface area contributed by atoms with Crippen molar-refractivity contribution in [2.45, 2.75) is 18.8 Å². The van der Waals surface area contributed by atoms with Crippen LogP contribution in [0.25, 0.3) is 0 Å². The topological polar surface area (TPSA) is 123 Å². The molecular weight excluding hydrogens is 460 g/mol. The molecule has 0 aromatic heterocycles. The third-order valence-electron chi connectivity index (χ3n) is 6.32. The van der Waals surface area contributed by atoms with E-state index < -0.39 is 34.5 Å². The minimum atomic E-state index is -2.05. The highest BCUT2D eigenvalue weighted by molar-refractivity contribution is 9.10. The third kappa shape index (κ3) is 2.42. The highest BCUT2D eigenvalue weighted by atomic mass is 79.9. The predicted molar refractivity (Wildman–Crippen MR) is 112 cm³/mol. The van der Waals surface area contributed by atoms with Crippen molar-refractivity contribution in [2.24, 2.45) is 16.7 Å². The molecule has 31 heavy (non-hydrogen) atoms. The Bertz CT molecular complexity index is 1180. The molecule has 7 nitrogen and oxygen atoms in total. The van der Waals surface area contributed by atoms with Crippen LogP contribution in [0.15, 0.2) is 53.0 Å². The van der Waals surface area contributed by atoms with Gasteiger partial charge >= 0.3 is 0 Å². The molecule has 0 radical (unpaired) electrons. The number of benzene rings is 2. The summed E-state index contributed by atoms with van der Waals surface area (Å²) in [5.41, 5.74) is -2.91. The molecule has 2 saturated heterocycles. The number of methoxy groups -OCH3 is 1. The lowest BCUT2D eigenvalue weighted by molar-refractivity contribution is -0.288. The Balaban J connectivity index is 2.09. The first kappa shape index (κ1) is 20.9. The summed E-state index contributed by atoms with van der Waals surface area (Å²) in [6.07, 6.45) is -1.23. The lowest BCUT2D eigenvalue weighted by Gasteiger charge is -2.49. The van der Waals surface area contributed by atoms with Crippen molar-refractivity contribution in [1.82, 2.24) is 0 Å². The minimum absolute atomic E-state index is 0.389. The smallest absolute Gasteiger partial charge is 0.244 e. The zero-order valence-corrected chi connectivity index (χ0v) is 18.3. The van der Waals surface area contributed by atoms with Gasteiger partial charge in [0.05, 0.1) is 31.2 Å². The summed E-state index contributed by atoms with van der Waals surface area (Å²) in [6.45, 7) is 1.68. The van der Waals surface area contributed by atoms with E-state index in [2.05, 4.69) is 22.0 Å². The molecule has 2 aliphatic heterocycles. The quantitative estimate of drug-likeness (QED) is 0.691. The van der Waals surface area contributed by atoms with Gasteiger partial charge in [0.25, 0.3) is 0 Å². The Kier molecular flexibility index (Phi) is 4.78. The van der Waals surface area contributed by atoms with E-state index in [0.717, 1.165) is 0 Å². The molecule has 0 saturated carbocycles. The van der Waals surface area contributed by atoms with Crippen LogP contribution in [0.4, 0.5) is 0 Å². The molecule has 154 valence electrons. The van der Waals surface area contributed by atoms with E-state index in [1.54, 1.807) is 49.4 Å². The largest absolute Gasteiger partial charge is 0.496 e. The number of nitriles is 3. The molecule has 2 fully saturated rings. The van der Waals surface area contributed by atoms with Gasteiger partial charge in [-0.25, -0.2) is 0 Å². The first-order valence-corrected chi connectivity index (χ1v) is 10.2. The average molecular weight is 477 g/mol. The lowest BCUT2D eigenvalue weighted by Crippen LogP contribution is -2.57. The van der Waals surface area contributed by atoms with Gasteiger partial charge in [-0.05, 0) is 18.2 Å². The van der Waals surface area contributed by atoms with Crippen molar-refractivity contribution in [3.8, 4) is 24.0 Å². The molecule has 4 atom stereocenters. The van der Waals surface area contributed by atoms with Crippen LogP contribution >= 0.6 is 15.9 Å². The first-order valence-electron chi connectivity index (χ1n) is 9.45. The first-order chi connectivity index (χ1) is 14.9. The van der Waals surface area contributed by atoms with Gasteiger partial charge in [0.1, 0.15) is 11.9 Å². The number of nitrogens with one attached hydrogen (secondary N) is 1. The second-order valence-corrected chi connectivity index (χ2v) is 8.44. The monoisotopic (exact) mass is 476 g/mol. The van der Waals surface area contributed by atoms with E-state index in [1.807, 2.05) is 18.2 Å². The number of rotatable bonds is 3. The zero-order chi connectivity index (χ0) is 22.4. The lowest BCUT2D eigenvalue weighted by atomic mass is 9.53. The predicted octanol–water partition coefficient (Wildman–Crippen LogP) is 4.57. The summed E-state index contributed by atoms with van der Waals surface area (Å²) in [5.74, 6) is -2.40. The summed E-state index contributed by atoms with van der Waals surface area (Å²) in [7, 11) is 1.47. The molecule has 2 bridgehead atoms. The number of ether oxygens (including phenoxy) is 3. The van der Waals surface area contributed by atoms with Gasteiger partial charge in [-0.1, -0.05) is 53.2 Å². The highest BCUT2D eigenvalue weighted by Gasteiger charge is 2.80. The maximum atomic E-state index is 10.3. The van der Waals surface area contributed by atoms with Crippen LogP contribution in [-0.2, 0) is 15.3 Å². The van der Waals surface area contributed by atoms with E-state index in [0.29, 0.717) is 21.3 Å². The van der Waals surface area contributed by atoms with Crippen LogP contribution in [0.1, 0.15) is 24.2 Å². The van der Waals surface area contributed by atoms with E-state index in [4.69, 9.17) is 19.6 Å². The fourth-order valence-electron chi connectivity index (χ4n) is 4.73. The molecular formula is C23H17BrN4O3. The molecule has 2 aromatic carbocycles. The molecule has 0 spiro atoms. The van der Waals surface area contributed by atoms with Crippen LogP contribution in [0.5, 0.6) is 5.75 Å². The van der Waals surface area contributed by atoms with Gasteiger partial charge in [-0.15, -0.1) is 0 Å². The zero-order valence-electron chi connectivity index (χ0n) is 16.7. The van der Waals surface area contributed by atoms with Crippen molar-refractivity contribution >= 4 is 21.8 Å². The molecule has 8 heteroatoms. The van der Waals surface area contributed by atoms with Crippen molar-refractivity contribution in [3.63, 3.8) is 0 Å². The summed E-state index contributed by atoms with van der Waals surface area (Å²) >= 11 is 3.42. The van der Waals surface area contributed by atoms with Crippen molar-refractivity contribution in [2.75, 3.05) is 7.11 Å².